The summed E-state index contributed by atoms with van der Waals surface area (Å²) in [5.41, 5.74) is 1.80. The molecular weight excluding hydrogens is 447 g/mol. The number of ether oxygens (including phenoxy) is 1. The molecule has 1 N–H and O–H groups in total. The highest BCUT2D eigenvalue weighted by Gasteiger charge is 2.27. The number of nitrogens with one attached hydrogen (secondary N) is 1. The molecule has 0 unspecified atom stereocenters. The zero-order valence-corrected chi connectivity index (χ0v) is 20.8. The maximum Gasteiger partial charge on any atom is 0.261 e. The highest BCUT2D eigenvalue weighted by molar-refractivity contribution is 6.42. The highest BCUT2D eigenvalue weighted by Crippen LogP contribution is 2.26. The second-order valence-corrected chi connectivity index (χ2v) is 9.38. The summed E-state index contributed by atoms with van der Waals surface area (Å²) in [5.74, 6) is 0.731. The lowest BCUT2D eigenvalue weighted by Crippen LogP contribution is -2.49. The molecular formula is C25H32Cl2N2O3. The summed E-state index contributed by atoms with van der Waals surface area (Å²) < 4.78 is 5.88. The van der Waals surface area contributed by atoms with Crippen LogP contribution in [0.3, 0.4) is 0 Å². The van der Waals surface area contributed by atoms with Gasteiger partial charge in [-0.25, -0.2) is 0 Å². The molecule has 174 valence electrons. The molecule has 0 bridgehead atoms. The lowest BCUT2D eigenvalue weighted by atomic mass is 10.0. The molecule has 0 saturated heterocycles. The molecule has 1 atom stereocenters. The van der Waals surface area contributed by atoms with E-state index in [0.717, 1.165) is 11.1 Å². The van der Waals surface area contributed by atoms with Gasteiger partial charge >= 0.3 is 0 Å². The van der Waals surface area contributed by atoms with Crippen LogP contribution in [0.1, 0.15) is 51.7 Å². The van der Waals surface area contributed by atoms with Gasteiger partial charge in [-0.05, 0) is 48.1 Å². The van der Waals surface area contributed by atoms with E-state index < -0.39 is 6.04 Å². The molecule has 0 aliphatic rings. The molecule has 2 aromatic carbocycles. The number of hydrogen-bond acceptors (Lipinski definition) is 3. The quantitative estimate of drug-likeness (QED) is 0.477. The van der Waals surface area contributed by atoms with Crippen molar-refractivity contribution < 1.29 is 14.3 Å². The van der Waals surface area contributed by atoms with Crippen LogP contribution in [-0.2, 0) is 16.1 Å². The summed E-state index contributed by atoms with van der Waals surface area (Å²) in [4.78, 5) is 27.4. The molecule has 0 spiro atoms. The van der Waals surface area contributed by atoms with E-state index in [1.165, 1.54) is 4.90 Å². The van der Waals surface area contributed by atoms with Crippen molar-refractivity contribution in [3.8, 4) is 5.75 Å². The zero-order valence-electron chi connectivity index (χ0n) is 19.3. The lowest BCUT2D eigenvalue weighted by Gasteiger charge is -2.29. The fourth-order valence-electron chi connectivity index (χ4n) is 3.18. The molecule has 0 fully saturated rings. The van der Waals surface area contributed by atoms with Gasteiger partial charge < -0.3 is 15.0 Å². The number of amides is 2. The van der Waals surface area contributed by atoms with Crippen LogP contribution in [0.2, 0.25) is 10.0 Å². The van der Waals surface area contributed by atoms with Gasteiger partial charge in [-0.2, -0.15) is 0 Å². The molecule has 0 aliphatic carbocycles. The first-order valence-corrected chi connectivity index (χ1v) is 11.6. The van der Waals surface area contributed by atoms with Crippen molar-refractivity contribution >= 4 is 35.0 Å². The lowest BCUT2D eigenvalue weighted by molar-refractivity contribution is -0.142. The first kappa shape index (κ1) is 26.0. The normalized spacial score (nSPS) is 12.0. The molecule has 32 heavy (non-hydrogen) atoms. The second kappa shape index (κ2) is 12.1. The third-order valence-corrected chi connectivity index (χ3v) is 5.82. The number of benzene rings is 2. The van der Waals surface area contributed by atoms with Gasteiger partial charge in [0.15, 0.2) is 6.61 Å². The fraction of sp³-hybridized carbons (Fsp3) is 0.440. The van der Waals surface area contributed by atoms with E-state index in [2.05, 4.69) is 19.2 Å². The fourth-order valence-corrected chi connectivity index (χ4v) is 3.50. The van der Waals surface area contributed by atoms with Crippen molar-refractivity contribution in [3.63, 3.8) is 0 Å². The van der Waals surface area contributed by atoms with E-state index in [1.54, 1.807) is 25.1 Å². The van der Waals surface area contributed by atoms with Crippen molar-refractivity contribution in [3.05, 3.63) is 63.6 Å². The van der Waals surface area contributed by atoms with E-state index in [-0.39, 0.29) is 30.9 Å². The second-order valence-electron chi connectivity index (χ2n) is 8.57. The molecule has 0 radical (unpaired) electrons. The largest absolute Gasteiger partial charge is 0.483 e. The molecule has 0 aromatic heterocycles. The third-order valence-electron chi connectivity index (χ3n) is 5.08. The maximum absolute atomic E-state index is 13.2. The van der Waals surface area contributed by atoms with Gasteiger partial charge in [-0.15, -0.1) is 0 Å². The van der Waals surface area contributed by atoms with Crippen LogP contribution in [0, 0.1) is 5.92 Å². The summed E-state index contributed by atoms with van der Waals surface area (Å²) in [6.45, 7) is 10.5. The minimum Gasteiger partial charge on any atom is -0.483 e. The Labute approximate surface area is 201 Å². The van der Waals surface area contributed by atoms with E-state index >= 15 is 0 Å². The molecule has 7 heteroatoms. The van der Waals surface area contributed by atoms with Crippen LogP contribution in [0.15, 0.2) is 42.5 Å². The Morgan fingerprint density at radius 3 is 2.31 bits per heavy atom. The summed E-state index contributed by atoms with van der Waals surface area (Å²) >= 11 is 12.2. The predicted octanol–water partition coefficient (Wildman–Crippen LogP) is 5.69. The Kier molecular flexibility index (Phi) is 9.85. The van der Waals surface area contributed by atoms with E-state index in [9.17, 15) is 9.59 Å². The number of hydrogen-bond donors (Lipinski definition) is 1. The molecule has 0 heterocycles. The van der Waals surface area contributed by atoms with Crippen LogP contribution in [0.5, 0.6) is 5.75 Å². The van der Waals surface area contributed by atoms with Crippen molar-refractivity contribution in [2.75, 3.05) is 13.2 Å². The van der Waals surface area contributed by atoms with Crippen LogP contribution >= 0.6 is 23.2 Å². The van der Waals surface area contributed by atoms with Crippen LogP contribution < -0.4 is 10.1 Å². The first-order chi connectivity index (χ1) is 15.1. The summed E-state index contributed by atoms with van der Waals surface area (Å²) in [6.07, 6.45) is 0. The molecule has 2 amide bonds. The Balaban J connectivity index is 2.21. The standard InChI is InChI=1S/C25H32Cl2N2O3/c1-16(2)13-28-25(31)18(5)29(14-19-10-11-21(26)22(27)12-19)24(30)15-32-23-9-7-6-8-20(23)17(3)4/h6-12,16-18H,13-15H2,1-5H3,(H,28,31)/t18-/m1/s1. The van der Waals surface area contributed by atoms with E-state index in [1.807, 2.05) is 38.1 Å². The van der Waals surface area contributed by atoms with Crippen molar-refractivity contribution in [1.82, 2.24) is 10.2 Å². The minimum atomic E-state index is -0.681. The number of nitrogens with zero attached hydrogens (tertiary/aromatic N) is 1. The molecule has 0 aliphatic heterocycles. The Hall–Kier alpha value is -2.24. The minimum absolute atomic E-state index is 0.174. The van der Waals surface area contributed by atoms with Crippen molar-refractivity contribution in [1.29, 1.82) is 0 Å². The molecule has 5 nitrogen and oxygen atoms in total. The number of rotatable bonds is 10. The van der Waals surface area contributed by atoms with Gasteiger partial charge in [0.05, 0.1) is 10.0 Å². The van der Waals surface area contributed by atoms with Gasteiger partial charge in [-0.1, -0.05) is 75.2 Å². The SMILES string of the molecule is CC(C)CNC(=O)[C@@H](C)N(Cc1ccc(Cl)c(Cl)c1)C(=O)COc1ccccc1C(C)C. The summed E-state index contributed by atoms with van der Waals surface area (Å²) in [5, 5.41) is 3.73. The summed E-state index contributed by atoms with van der Waals surface area (Å²) in [6, 6.07) is 12.2. The Bertz CT molecular complexity index is 931. The number of carbonyl (C=O) groups excluding carboxylic acids is 2. The van der Waals surface area contributed by atoms with Gasteiger partial charge in [0.25, 0.3) is 5.91 Å². The predicted molar refractivity (Wildman–Crippen MR) is 130 cm³/mol. The first-order valence-electron chi connectivity index (χ1n) is 10.8. The number of para-hydroxylation sites is 1. The van der Waals surface area contributed by atoms with E-state index in [0.29, 0.717) is 28.3 Å². The highest BCUT2D eigenvalue weighted by atomic mass is 35.5. The average molecular weight is 479 g/mol. The smallest absolute Gasteiger partial charge is 0.261 e. The van der Waals surface area contributed by atoms with Gasteiger partial charge in [0.1, 0.15) is 11.8 Å². The maximum atomic E-state index is 13.2. The van der Waals surface area contributed by atoms with Crippen LogP contribution in [0.25, 0.3) is 0 Å². The Morgan fingerprint density at radius 2 is 1.69 bits per heavy atom. The molecule has 0 saturated carbocycles. The third kappa shape index (κ3) is 7.42. The molecule has 2 aromatic rings. The van der Waals surface area contributed by atoms with Crippen LogP contribution in [0.4, 0.5) is 0 Å². The van der Waals surface area contributed by atoms with Crippen LogP contribution in [-0.4, -0.2) is 35.9 Å². The zero-order chi connectivity index (χ0) is 23.8. The molecule has 2 rings (SSSR count). The average Bonchev–Trinajstić information content (AvgIpc) is 2.76. The van der Waals surface area contributed by atoms with Gasteiger partial charge in [0, 0.05) is 13.1 Å². The Morgan fingerprint density at radius 1 is 1.00 bits per heavy atom. The number of carbonyl (C=O) groups is 2. The summed E-state index contributed by atoms with van der Waals surface area (Å²) in [7, 11) is 0. The van der Waals surface area contributed by atoms with Gasteiger partial charge in [-0.3, -0.25) is 9.59 Å². The topological polar surface area (TPSA) is 58.6 Å². The van der Waals surface area contributed by atoms with E-state index in [4.69, 9.17) is 27.9 Å². The van der Waals surface area contributed by atoms with Crippen molar-refractivity contribution in [2.24, 2.45) is 5.92 Å². The monoisotopic (exact) mass is 478 g/mol. The van der Waals surface area contributed by atoms with Gasteiger partial charge in [0.2, 0.25) is 5.91 Å². The van der Waals surface area contributed by atoms with Crippen molar-refractivity contribution in [2.45, 2.75) is 53.1 Å². The number of halogens is 2.